The van der Waals surface area contributed by atoms with Gasteiger partial charge < -0.3 is 5.11 Å². The molecule has 0 amide bonds. The fourth-order valence-electron chi connectivity index (χ4n) is 1.43. The van der Waals surface area contributed by atoms with Crippen LogP contribution in [0.1, 0.15) is 36.6 Å². The standard InChI is InChI=1S/C9H12N2O/c12-5-8-4-9(11-6-10-8)7-2-1-3-7/h4,6-7,12H,1-3,5H2. The molecule has 0 aliphatic heterocycles. The Labute approximate surface area is 71.5 Å². The van der Waals surface area contributed by atoms with Crippen LogP contribution >= 0.6 is 0 Å². The molecule has 1 aromatic heterocycles. The molecular weight excluding hydrogens is 152 g/mol. The van der Waals surface area contributed by atoms with Crippen molar-refractivity contribution in [2.75, 3.05) is 0 Å². The van der Waals surface area contributed by atoms with Crippen molar-refractivity contribution in [2.24, 2.45) is 0 Å². The molecule has 1 aromatic rings. The predicted octanol–water partition coefficient (Wildman–Crippen LogP) is 1.24. The summed E-state index contributed by atoms with van der Waals surface area (Å²) >= 11 is 0. The molecule has 0 atom stereocenters. The quantitative estimate of drug-likeness (QED) is 0.715. The van der Waals surface area contributed by atoms with Crippen molar-refractivity contribution in [1.82, 2.24) is 9.97 Å². The Morgan fingerprint density at radius 1 is 1.42 bits per heavy atom. The highest BCUT2D eigenvalue weighted by molar-refractivity contribution is 5.14. The highest BCUT2D eigenvalue weighted by atomic mass is 16.3. The summed E-state index contributed by atoms with van der Waals surface area (Å²) in [6.07, 6.45) is 5.33. The van der Waals surface area contributed by atoms with Gasteiger partial charge >= 0.3 is 0 Å². The van der Waals surface area contributed by atoms with Gasteiger partial charge in [-0.15, -0.1) is 0 Å². The second kappa shape index (κ2) is 3.19. The summed E-state index contributed by atoms with van der Waals surface area (Å²) in [4.78, 5) is 8.12. The van der Waals surface area contributed by atoms with E-state index >= 15 is 0 Å². The third kappa shape index (κ3) is 1.32. The van der Waals surface area contributed by atoms with E-state index in [4.69, 9.17) is 5.11 Å². The van der Waals surface area contributed by atoms with Gasteiger partial charge in [-0.2, -0.15) is 0 Å². The van der Waals surface area contributed by atoms with Gasteiger partial charge in [0.15, 0.2) is 0 Å². The van der Waals surface area contributed by atoms with Gasteiger partial charge in [-0.25, -0.2) is 9.97 Å². The average molecular weight is 164 g/mol. The molecule has 0 aromatic carbocycles. The number of hydrogen-bond donors (Lipinski definition) is 1. The molecule has 1 aliphatic rings. The molecule has 0 unspecified atom stereocenters. The normalized spacial score (nSPS) is 17.4. The maximum Gasteiger partial charge on any atom is 0.116 e. The SMILES string of the molecule is OCc1cc(C2CCC2)ncn1. The molecule has 1 saturated carbocycles. The van der Waals surface area contributed by atoms with Crippen LogP contribution < -0.4 is 0 Å². The van der Waals surface area contributed by atoms with Crippen molar-refractivity contribution < 1.29 is 5.11 Å². The summed E-state index contributed by atoms with van der Waals surface area (Å²) < 4.78 is 0. The van der Waals surface area contributed by atoms with E-state index in [9.17, 15) is 0 Å². The van der Waals surface area contributed by atoms with Gasteiger partial charge in [0.1, 0.15) is 6.33 Å². The topological polar surface area (TPSA) is 46.0 Å². The van der Waals surface area contributed by atoms with Crippen LogP contribution in [0.5, 0.6) is 0 Å². The Hall–Kier alpha value is -0.960. The lowest BCUT2D eigenvalue weighted by atomic mass is 9.83. The van der Waals surface area contributed by atoms with Gasteiger partial charge in [-0.3, -0.25) is 0 Å². The van der Waals surface area contributed by atoms with E-state index < -0.39 is 0 Å². The molecule has 3 heteroatoms. The molecule has 1 heterocycles. The fourth-order valence-corrected chi connectivity index (χ4v) is 1.43. The maximum atomic E-state index is 8.84. The molecule has 0 bridgehead atoms. The maximum absolute atomic E-state index is 8.84. The third-order valence-corrected chi connectivity index (χ3v) is 2.43. The largest absolute Gasteiger partial charge is 0.390 e. The van der Waals surface area contributed by atoms with Gasteiger partial charge in [-0.1, -0.05) is 6.42 Å². The molecule has 0 saturated heterocycles. The van der Waals surface area contributed by atoms with Crippen LogP contribution in [0.2, 0.25) is 0 Å². The Morgan fingerprint density at radius 3 is 2.83 bits per heavy atom. The minimum atomic E-state index is 0.0161. The van der Waals surface area contributed by atoms with Gasteiger partial charge in [0.25, 0.3) is 0 Å². The smallest absolute Gasteiger partial charge is 0.116 e. The fraction of sp³-hybridized carbons (Fsp3) is 0.556. The molecule has 3 nitrogen and oxygen atoms in total. The van der Waals surface area contributed by atoms with E-state index in [1.54, 1.807) is 6.33 Å². The molecule has 1 fully saturated rings. The zero-order valence-electron chi connectivity index (χ0n) is 6.90. The zero-order valence-corrected chi connectivity index (χ0v) is 6.90. The minimum Gasteiger partial charge on any atom is -0.390 e. The Morgan fingerprint density at radius 2 is 2.25 bits per heavy atom. The molecule has 2 rings (SSSR count). The molecule has 12 heavy (non-hydrogen) atoms. The van der Waals surface area contributed by atoms with Gasteiger partial charge in [0.05, 0.1) is 12.3 Å². The van der Waals surface area contributed by atoms with Crippen LogP contribution in [-0.4, -0.2) is 15.1 Å². The van der Waals surface area contributed by atoms with E-state index in [1.165, 1.54) is 19.3 Å². The summed E-state index contributed by atoms with van der Waals surface area (Å²) in [6, 6.07) is 1.91. The average Bonchev–Trinajstić information content (AvgIpc) is 2.02. The van der Waals surface area contributed by atoms with E-state index in [1.807, 2.05) is 6.07 Å². The Balaban J connectivity index is 2.19. The van der Waals surface area contributed by atoms with Crippen molar-refractivity contribution in [2.45, 2.75) is 31.8 Å². The van der Waals surface area contributed by atoms with E-state index in [-0.39, 0.29) is 6.61 Å². The van der Waals surface area contributed by atoms with Gasteiger partial charge in [0, 0.05) is 11.6 Å². The van der Waals surface area contributed by atoms with Crippen LogP contribution in [-0.2, 0) is 6.61 Å². The highest BCUT2D eigenvalue weighted by Crippen LogP contribution is 2.34. The van der Waals surface area contributed by atoms with E-state index in [2.05, 4.69) is 9.97 Å². The van der Waals surface area contributed by atoms with Crippen molar-refractivity contribution >= 4 is 0 Å². The summed E-state index contributed by atoms with van der Waals surface area (Å²) in [5.41, 5.74) is 1.83. The van der Waals surface area contributed by atoms with E-state index in [0.29, 0.717) is 5.92 Å². The van der Waals surface area contributed by atoms with Crippen LogP contribution in [0.15, 0.2) is 12.4 Å². The third-order valence-electron chi connectivity index (χ3n) is 2.43. The molecule has 0 radical (unpaired) electrons. The lowest BCUT2D eigenvalue weighted by molar-refractivity contribution is 0.276. The molecule has 0 spiro atoms. The van der Waals surface area contributed by atoms with Crippen molar-refractivity contribution in [3.05, 3.63) is 23.8 Å². The van der Waals surface area contributed by atoms with Gasteiger partial charge in [0.2, 0.25) is 0 Å². The second-order valence-electron chi connectivity index (χ2n) is 3.22. The monoisotopic (exact) mass is 164 g/mol. The first-order valence-electron chi connectivity index (χ1n) is 4.32. The second-order valence-corrected chi connectivity index (χ2v) is 3.22. The minimum absolute atomic E-state index is 0.0161. The lowest BCUT2D eigenvalue weighted by Gasteiger charge is -2.24. The van der Waals surface area contributed by atoms with Crippen LogP contribution in [0.4, 0.5) is 0 Å². The number of aliphatic hydroxyl groups is 1. The molecule has 1 N–H and O–H groups in total. The first-order valence-corrected chi connectivity index (χ1v) is 4.32. The van der Waals surface area contributed by atoms with Crippen molar-refractivity contribution in [1.29, 1.82) is 0 Å². The summed E-state index contributed by atoms with van der Waals surface area (Å²) in [7, 11) is 0. The zero-order chi connectivity index (χ0) is 8.39. The first-order chi connectivity index (χ1) is 5.90. The van der Waals surface area contributed by atoms with Crippen LogP contribution in [0.25, 0.3) is 0 Å². The summed E-state index contributed by atoms with van der Waals surface area (Å²) in [6.45, 7) is 0.0161. The van der Waals surface area contributed by atoms with Crippen molar-refractivity contribution in [3.8, 4) is 0 Å². The van der Waals surface area contributed by atoms with Crippen LogP contribution in [0.3, 0.4) is 0 Å². The van der Waals surface area contributed by atoms with Crippen molar-refractivity contribution in [3.63, 3.8) is 0 Å². The highest BCUT2D eigenvalue weighted by Gasteiger charge is 2.20. The molecular formula is C9H12N2O. The number of aromatic nitrogens is 2. The van der Waals surface area contributed by atoms with E-state index in [0.717, 1.165) is 11.4 Å². The Kier molecular flexibility index (Phi) is 2.04. The summed E-state index contributed by atoms with van der Waals surface area (Å²) in [5, 5.41) is 8.84. The van der Waals surface area contributed by atoms with Gasteiger partial charge in [-0.05, 0) is 18.9 Å². The Bertz CT molecular complexity index is 271. The molecule has 64 valence electrons. The number of rotatable bonds is 2. The molecule has 1 aliphatic carbocycles. The van der Waals surface area contributed by atoms with Crippen LogP contribution in [0, 0.1) is 0 Å². The summed E-state index contributed by atoms with van der Waals surface area (Å²) in [5.74, 6) is 0.623. The first kappa shape index (κ1) is 7.68. The number of nitrogens with zero attached hydrogens (tertiary/aromatic N) is 2. The predicted molar refractivity (Wildman–Crippen MR) is 44.5 cm³/mol. The number of aliphatic hydroxyl groups excluding tert-OH is 1. The lowest BCUT2D eigenvalue weighted by Crippen LogP contribution is -2.11. The number of hydrogen-bond acceptors (Lipinski definition) is 3.